The van der Waals surface area contributed by atoms with Crippen LogP contribution in [0.15, 0.2) is 46.9 Å². The molecule has 2 rings (SSSR count). The van der Waals surface area contributed by atoms with Crippen LogP contribution >= 0.6 is 15.9 Å². The molecule has 0 bridgehead atoms. The summed E-state index contributed by atoms with van der Waals surface area (Å²) < 4.78 is 11.0. The summed E-state index contributed by atoms with van der Waals surface area (Å²) in [6, 6.07) is 11.9. The first-order chi connectivity index (χ1) is 12.0. The molecule has 0 aliphatic heterocycles. The third-order valence-electron chi connectivity index (χ3n) is 3.36. The number of para-hydroxylation sites is 2. The second-order valence-electron chi connectivity index (χ2n) is 5.12. The molecule has 0 radical (unpaired) electrons. The van der Waals surface area contributed by atoms with Crippen molar-refractivity contribution in [2.45, 2.75) is 12.8 Å². The van der Waals surface area contributed by atoms with Crippen LogP contribution in [0.2, 0.25) is 0 Å². The Morgan fingerprint density at radius 3 is 2.64 bits per heavy atom. The predicted octanol–water partition coefficient (Wildman–Crippen LogP) is 3.74. The van der Waals surface area contributed by atoms with Crippen molar-refractivity contribution in [1.29, 1.82) is 0 Å². The summed E-state index contributed by atoms with van der Waals surface area (Å²) in [4.78, 5) is 23.5. The number of methoxy groups -OCH3 is 1. The number of phenolic OH excluding ortho intramolecular Hbond substituents is 1. The van der Waals surface area contributed by atoms with Crippen LogP contribution < -0.4 is 10.1 Å². The quantitative estimate of drug-likeness (QED) is 0.414. The van der Waals surface area contributed by atoms with Crippen molar-refractivity contribution in [3.05, 3.63) is 52.5 Å². The maximum atomic E-state index is 12.0. The first kappa shape index (κ1) is 18.8. The maximum absolute atomic E-state index is 12.0. The maximum Gasteiger partial charge on any atom is 0.341 e. The molecule has 0 saturated heterocycles. The molecule has 0 saturated carbocycles. The zero-order valence-corrected chi connectivity index (χ0v) is 15.2. The van der Waals surface area contributed by atoms with Gasteiger partial charge in [-0.2, -0.15) is 0 Å². The summed E-state index contributed by atoms with van der Waals surface area (Å²) in [5.74, 6) is -0.554. The van der Waals surface area contributed by atoms with Crippen LogP contribution in [0.5, 0.6) is 11.5 Å². The van der Waals surface area contributed by atoms with Crippen molar-refractivity contribution >= 4 is 33.5 Å². The van der Waals surface area contributed by atoms with Gasteiger partial charge in [0.2, 0.25) is 5.91 Å². The summed E-state index contributed by atoms with van der Waals surface area (Å²) in [6.07, 6.45) is 0.719. The molecule has 2 aromatic carbocycles. The monoisotopic (exact) mass is 407 g/mol. The van der Waals surface area contributed by atoms with E-state index in [2.05, 4.69) is 26.0 Å². The third kappa shape index (κ3) is 5.22. The lowest BCUT2D eigenvalue weighted by atomic mass is 10.1. The number of carbonyl (C=O) groups excluding carboxylic acids is 2. The highest BCUT2D eigenvalue weighted by Crippen LogP contribution is 2.28. The normalized spacial score (nSPS) is 10.2. The average molecular weight is 408 g/mol. The van der Waals surface area contributed by atoms with E-state index < -0.39 is 5.97 Å². The minimum atomic E-state index is -0.671. The molecule has 0 spiro atoms. The number of phenols is 1. The van der Waals surface area contributed by atoms with E-state index in [9.17, 15) is 14.7 Å². The Labute approximate surface area is 153 Å². The van der Waals surface area contributed by atoms with E-state index in [0.717, 1.165) is 4.47 Å². The smallest absolute Gasteiger partial charge is 0.341 e. The fraction of sp³-hybridized carbons (Fsp3) is 0.222. The summed E-state index contributed by atoms with van der Waals surface area (Å²) in [7, 11) is 1.22. The van der Waals surface area contributed by atoms with E-state index in [0.29, 0.717) is 18.8 Å². The van der Waals surface area contributed by atoms with Gasteiger partial charge in [-0.1, -0.05) is 18.2 Å². The standard InChI is InChI=1S/C18H18BrNO5/c1-24-18(23)12-6-4-8-14(17(12)22)20-16(21)10-5-11-25-15-9-3-2-7-13(15)19/h2-4,6-9,22H,5,10-11H2,1H3,(H,20,21). The van der Waals surface area contributed by atoms with E-state index in [4.69, 9.17) is 4.74 Å². The molecule has 1 amide bonds. The van der Waals surface area contributed by atoms with Crippen LogP contribution in [0.25, 0.3) is 0 Å². The van der Waals surface area contributed by atoms with Crippen molar-refractivity contribution < 1.29 is 24.2 Å². The Balaban J connectivity index is 1.85. The van der Waals surface area contributed by atoms with Crippen molar-refractivity contribution in [2.75, 3.05) is 19.0 Å². The first-order valence-corrected chi connectivity index (χ1v) is 8.39. The van der Waals surface area contributed by atoms with Crippen LogP contribution in [0.1, 0.15) is 23.2 Å². The zero-order valence-electron chi connectivity index (χ0n) is 13.6. The highest BCUT2D eigenvalue weighted by molar-refractivity contribution is 9.10. The van der Waals surface area contributed by atoms with E-state index in [1.54, 1.807) is 6.07 Å². The van der Waals surface area contributed by atoms with Crippen LogP contribution in [0.4, 0.5) is 5.69 Å². The number of carbonyl (C=O) groups is 2. The van der Waals surface area contributed by atoms with Gasteiger partial charge in [-0.3, -0.25) is 4.79 Å². The molecule has 0 aromatic heterocycles. The Hall–Kier alpha value is -2.54. The molecule has 0 atom stereocenters. The number of amides is 1. The number of rotatable bonds is 7. The molecule has 6 nitrogen and oxygen atoms in total. The molecular formula is C18H18BrNO5. The number of halogens is 1. The average Bonchev–Trinajstić information content (AvgIpc) is 2.61. The highest BCUT2D eigenvalue weighted by Gasteiger charge is 2.15. The van der Waals surface area contributed by atoms with E-state index in [-0.39, 0.29) is 29.3 Å². The number of benzene rings is 2. The number of nitrogens with one attached hydrogen (secondary N) is 1. The predicted molar refractivity (Wildman–Crippen MR) is 96.9 cm³/mol. The fourth-order valence-corrected chi connectivity index (χ4v) is 2.51. The topological polar surface area (TPSA) is 84.9 Å². The lowest BCUT2D eigenvalue weighted by Gasteiger charge is -2.10. The molecule has 0 aliphatic carbocycles. The number of anilines is 1. The van der Waals surface area contributed by atoms with Gasteiger partial charge in [-0.15, -0.1) is 0 Å². The molecule has 7 heteroatoms. The second kappa shape index (κ2) is 9.08. The molecule has 0 unspecified atom stereocenters. The van der Waals surface area contributed by atoms with Crippen LogP contribution in [-0.2, 0) is 9.53 Å². The number of hydrogen-bond acceptors (Lipinski definition) is 5. The Morgan fingerprint density at radius 2 is 1.92 bits per heavy atom. The lowest BCUT2D eigenvalue weighted by molar-refractivity contribution is -0.116. The highest BCUT2D eigenvalue weighted by atomic mass is 79.9. The number of ether oxygens (including phenoxy) is 2. The van der Waals surface area contributed by atoms with Gasteiger partial charge >= 0.3 is 5.97 Å². The minimum absolute atomic E-state index is 0.00226. The molecule has 0 heterocycles. The second-order valence-corrected chi connectivity index (χ2v) is 5.98. The van der Waals surface area contributed by atoms with Crippen LogP contribution in [0.3, 0.4) is 0 Å². The third-order valence-corrected chi connectivity index (χ3v) is 4.01. The van der Waals surface area contributed by atoms with Crippen molar-refractivity contribution in [3.63, 3.8) is 0 Å². The van der Waals surface area contributed by atoms with E-state index in [1.807, 2.05) is 24.3 Å². The molecule has 0 fully saturated rings. The van der Waals surface area contributed by atoms with Gasteiger partial charge in [0.1, 0.15) is 11.3 Å². The number of esters is 1. The van der Waals surface area contributed by atoms with Crippen molar-refractivity contribution in [1.82, 2.24) is 0 Å². The van der Waals surface area contributed by atoms with Gasteiger partial charge in [-0.25, -0.2) is 4.79 Å². The van der Waals surface area contributed by atoms with Gasteiger partial charge in [0.25, 0.3) is 0 Å². The first-order valence-electron chi connectivity index (χ1n) is 7.60. The van der Waals surface area contributed by atoms with Gasteiger partial charge in [0, 0.05) is 6.42 Å². The molecule has 25 heavy (non-hydrogen) atoms. The Morgan fingerprint density at radius 1 is 1.16 bits per heavy atom. The Kier molecular flexibility index (Phi) is 6.82. The summed E-state index contributed by atoms with van der Waals surface area (Å²) >= 11 is 3.38. The molecule has 2 N–H and O–H groups in total. The largest absolute Gasteiger partial charge is 0.505 e. The SMILES string of the molecule is COC(=O)c1cccc(NC(=O)CCCOc2ccccc2Br)c1O. The van der Waals surface area contributed by atoms with Crippen molar-refractivity contribution in [2.24, 2.45) is 0 Å². The van der Waals surface area contributed by atoms with E-state index >= 15 is 0 Å². The van der Waals surface area contributed by atoms with E-state index in [1.165, 1.54) is 19.2 Å². The summed E-state index contributed by atoms with van der Waals surface area (Å²) in [5, 5.41) is 12.6. The number of hydrogen-bond donors (Lipinski definition) is 2. The molecular weight excluding hydrogens is 390 g/mol. The molecule has 0 aliphatic rings. The lowest BCUT2D eigenvalue weighted by Crippen LogP contribution is -2.14. The Bertz CT molecular complexity index is 763. The van der Waals surface area contributed by atoms with Gasteiger partial charge in [-0.05, 0) is 46.6 Å². The fourth-order valence-electron chi connectivity index (χ4n) is 2.11. The zero-order chi connectivity index (χ0) is 18.2. The minimum Gasteiger partial charge on any atom is -0.505 e. The summed E-state index contributed by atoms with van der Waals surface area (Å²) in [5.41, 5.74) is 0.164. The van der Waals surface area contributed by atoms with Gasteiger partial charge < -0.3 is 19.9 Å². The molecule has 132 valence electrons. The number of aromatic hydroxyl groups is 1. The van der Waals surface area contributed by atoms with Crippen LogP contribution in [-0.4, -0.2) is 30.7 Å². The van der Waals surface area contributed by atoms with Gasteiger partial charge in [0.05, 0.1) is 23.9 Å². The summed E-state index contributed by atoms with van der Waals surface area (Å²) in [6.45, 7) is 0.379. The van der Waals surface area contributed by atoms with Crippen LogP contribution in [0, 0.1) is 0 Å². The molecule has 2 aromatic rings. The van der Waals surface area contributed by atoms with Crippen molar-refractivity contribution in [3.8, 4) is 11.5 Å². The van der Waals surface area contributed by atoms with Gasteiger partial charge in [0.15, 0.2) is 5.75 Å².